The highest BCUT2D eigenvalue weighted by Gasteiger charge is 2.28. The second-order valence-electron chi connectivity index (χ2n) is 14.4. The van der Waals surface area contributed by atoms with Crippen LogP contribution in [0.3, 0.4) is 0 Å². The normalized spacial score (nSPS) is 13.9. The summed E-state index contributed by atoms with van der Waals surface area (Å²) in [4.78, 5) is 28.0. The second kappa shape index (κ2) is 41.0. The first-order valence-corrected chi connectivity index (χ1v) is 21.7. The van der Waals surface area contributed by atoms with Gasteiger partial charge in [0.15, 0.2) is 0 Å². The van der Waals surface area contributed by atoms with Crippen molar-refractivity contribution in [2.75, 3.05) is 20.6 Å². The maximum absolute atomic E-state index is 13.0. The number of nitrogens with zero attached hydrogens (tertiary/aromatic N) is 1. The number of esters is 2. The third-order valence-corrected chi connectivity index (χ3v) is 8.82. The van der Waals surface area contributed by atoms with Crippen LogP contribution >= 0.6 is 0 Å². The van der Waals surface area contributed by atoms with E-state index in [-0.39, 0.29) is 11.9 Å². The molecule has 54 heavy (non-hydrogen) atoms. The molecule has 0 aromatic heterocycles. The number of allylic oxidation sites excluding steroid dienone is 16. The summed E-state index contributed by atoms with van der Waals surface area (Å²) in [5.74, 6) is -0.400. The lowest BCUT2D eigenvalue weighted by Crippen LogP contribution is -2.36. The molecule has 0 fully saturated rings. The molecular formula is C49H81NO4. The number of carbonyl (C=O) groups is 2. The zero-order chi connectivity index (χ0) is 39.6. The molecule has 0 radical (unpaired) electrons. The van der Waals surface area contributed by atoms with Crippen LogP contribution in [0.2, 0.25) is 0 Å². The monoisotopic (exact) mass is 748 g/mol. The molecular weight excluding hydrogens is 667 g/mol. The van der Waals surface area contributed by atoms with Crippen LogP contribution in [0.4, 0.5) is 0 Å². The molecule has 306 valence electrons. The molecule has 5 nitrogen and oxygen atoms in total. The van der Waals surface area contributed by atoms with Crippen LogP contribution in [0.15, 0.2) is 97.2 Å². The van der Waals surface area contributed by atoms with Gasteiger partial charge >= 0.3 is 11.9 Å². The minimum Gasteiger partial charge on any atom is -0.458 e. The minimum absolute atomic E-state index is 0.199. The molecule has 0 saturated heterocycles. The standard InChI is InChI=1S/C49H81NO4/c1-6-9-12-14-16-18-20-22-24-25-27-29-31-33-35-37-39-44-49(52)54-47(42-40-45-50(4)5)46(41-11-8-3)53-48(51)43-38-36-34-32-30-28-26-23-21-19-17-15-13-10-7-2/h13,15-16,18-19,21-22,24,26-29,32-35,46-47H,6-12,14,17,20,23,25,30-31,36-45H2,1-5H3/b15-13-,18-16-,21-19-,24-22-,28-26-,29-27-,34-32-,35-33-. The fourth-order valence-corrected chi connectivity index (χ4v) is 5.62. The topological polar surface area (TPSA) is 55.8 Å². The van der Waals surface area contributed by atoms with Gasteiger partial charge in [-0.3, -0.25) is 9.59 Å². The van der Waals surface area contributed by atoms with Crippen LogP contribution in [0, 0.1) is 0 Å². The van der Waals surface area contributed by atoms with E-state index in [1.165, 1.54) is 32.1 Å². The Morgan fingerprint density at radius 1 is 0.426 bits per heavy atom. The summed E-state index contributed by atoms with van der Waals surface area (Å²) in [5.41, 5.74) is 0. The van der Waals surface area contributed by atoms with Gasteiger partial charge in [0.05, 0.1) is 0 Å². The van der Waals surface area contributed by atoms with Gasteiger partial charge in [-0.05, 0) is 130 Å². The van der Waals surface area contributed by atoms with E-state index >= 15 is 0 Å². The molecule has 0 saturated carbocycles. The van der Waals surface area contributed by atoms with Gasteiger partial charge in [0.1, 0.15) is 12.2 Å². The summed E-state index contributed by atoms with van der Waals surface area (Å²) in [6, 6.07) is 0. The highest BCUT2D eigenvalue weighted by atomic mass is 16.6. The molecule has 0 aliphatic rings. The van der Waals surface area contributed by atoms with Crippen molar-refractivity contribution in [2.45, 2.75) is 181 Å². The molecule has 0 aliphatic carbocycles. The second-order valence-corrected chi connectivity index (χ2v) is 14.4. The molecule has 5 heteroatoms. The van der Waals surface area contributed by atoms with Crippen molar-refractivity contribution in [1.82, 2.24) is 4.90 Å². The number of carbonyl (C=O) groups excluding carboxylic acids is 2. The molecule has 0 N–H and O–H groups in total. The average Bonchev–Trinajstić information content (AvgIpc) is 3.15. The molecule has 2 unspecified atom stereocenters. The van der Waals surface area contributed by atoms with Gasteiger partial charge in [-0.1, -0.05) is 144 Å². The quantitative estimate of drug-likeness (QED) is 0.0363. The SMILES string of the molecule is CCC/C=C\C/C=C\C/C=C\C/C=C\CCCC(=O)OC(CCCC)C(CCCN(C)C)OC(=O)CCC/C=C\C/C=C\C/C=C\C/C=C\CCCCC. The van der Waals surface area contributed by atoms with Crippen LogP contribution in [0.1, 0.15) is 168 Å². The van der Waals surface area contributed by atoms with E-state index in [4.69, 9.17) is 9.47 Å². The third-order valence-electron chi connectivity index (χ3n) is 8.82. The summed E-state index contributed by atoms with van der Waals surface area (Å²) >= 11 is 0. The molecule has 0 amide bonds. The largest absolute Gasteiger partial charge is 0.458 e. The number of hydrogen-bond acceptors (Lipinski definition) is 5. The van der Waals surface area contributed by atoms with Gasteiger partial charge in [0.2, 0.25) is 0 Å². The lowest BCUT2D eigenvalue weighted by molar-refractivity contribution is -0.169. The van der Waals surface area contributed by atoms with Crippen molar-refractivity contribution in [3.05, 3.63) is 97.2 Å². The van der Waals surface area contributed by atoms with Crippen LogP contribution < -0.4 is 0 Å². The molecule has 0 rings (SSSR count). The van der Waals surface area contributed by atoms with E-state index in [9.17, 15) is 9.59 Å². The maximum atomic E-state index is 13.0. The molecule has 0 bridgehead atoms. The van der Waals surface area contributed by atoms with Crippen molar-refractivity contribution in [2.24, 2.45) is 0 Å². The van der Waals surface area contributed by atoms with E-state index < -0.39 is 12.2 Å². The Morgan fingerprint density at radius 3 is 1.15 bits per heavy atom. The predicted molar refractivity (Wildman–Crippen MR) is 235 cm³/mol. The van der Waals surface area contributed by atoms with Crippen molar-refractivity contribution in [3.63, 3.8) is 0 Å². The zero-order valence-corrected chi connectivity index (χ0v) is 35.4. The molecule has 0 aromatic carbocycles. The molecule has 0 heterocycles. The number of rotatable bonds is 36. The fraction of sp³-hybridized carbons (Fsp3) is 0.633. The Balaban J connectivity index is 4.63. The molecule has 0 aromatic rings. The Labute approximate surface area is 333 Å². The van der Waals surface area contributed by atoms with Crippen molar-refractivity contribution in [3.8, 4) is 0 Å². The highest BCUT2D eigenvalue weighted by molar-refractivity contribution is 5.70. The van der Waals surface area contributed by atoms with Gasteiger partial charge in [-0.25, -0.2) is 0 Å². The van der Waals surface area contributed by atoms with E-state index in [1.54, 1.807) is 0 Å². The Morgan fingerprint density at radius 2 is 0.778 bits per heavy atom. The molecule has 0 aliphatic heterocycles. The van der Waals surface area contributed by atoms with Gasteiger partial charge in [0.25, 0.3) is 0 Å². The first kappa shape index (κ1) is 50.8. The lowest BCUT2D eigenvalue weighted by Gasteiger charge is -2.28. The number of hydrogen-bond donors (Lipinski definition) is 0. The third kappa shape index (κ3) is 37.1. The Hall–Kier alpha value is -3.18. The lowest BCUT2D eigenvalue weighted by atomic mass is 10.0. The van der Waals surface area contributed by atoms with Crippen LogP contribution in [0.5, 0.6) is 0 Å². The smallest absolute Gasteiger partial charge is 0.306 e. The fourth-order valence-electron chi connectivity index (χ4n) is 5.62. The van der Waals surface area contributed by atoms with Crippen molar-refractivity contribution in [1.29, 1.82) is 0 Å². The van der Waals surface area contributed by atoms with E-state index in [2.05, 4.69) is 123 Å². The van der Waals surface area contributed by atoms with E-state index in [0.717, 1.165) is 96.4 Å². The average molecular weight is 748 g/mol. The first-order valence-electron chi connectivity index (χ1n) is 21.7. The van der Waals surface area contributed by atoms with Crippen LogP contribution in [-0.4, -0.2) is 49.7 Å². The van der Waals surface area contributed by atoms with E-state index in [1.807, 2.05) is 14.1 Å². The Bertz CT molecular complexity index is 1110. The number of unbranched alkanes of at least 4 members (excludes halogenated alkanes) is 7. The number of ether oxygens (including phenoxy) is 2. The Kier molecular flexibility index (Phi) is 38.6. The summed E-state index contributed by atoms with van der Waals surface area (Å²) in [7, 11) is 4.09. The van der Waals surface area contributed by atoms with Crippen molar-refractivity contribution < 1.29 is 19.1 Å². The minimum atomic E-state index is -0.413. The van der Waals surface area contributed by atoms with Gasteiger partial charge in [0, 0.05) is 12.8 Å². The van der Waals surface area contributed by atoms with Gasteiger partial charge in [-0.15, -0.1) is 0 Å². The van der Waals surface area contributed by atoms with Crippen LogP contribution in [-0.2, 0) is 19.1 Å². The van der Waals surface area contributed by atoms with Crippen molar-refractivity contribution >= 4 is 11.9 Å². The maximum Gasteiger partial charge on any atom is 0.306 e. The highest BCUT2D eigenvalue weighted by Crippen LogP contribution is 2.20. The first-order chi connectivity index (χ1) is 26.4. The van der Waals surface area contributed by atoms with Crippen LogP contribution in [0.25, 0.3) is 0 Å². The zero-order valence-electron chi connectivity index (χ0n) is 35.4. The predicted octanol–water partition coefficient (Wildman–Crippen LogP) is 13.9. The van der Waals surface area contributed by atoms with Gasteiger partial charge in [-0.2, -0.15) is 0 Å². The molecule has 2 atom stereocenters. The van der Waals surface area contributed by atoms with E-state index in [0.29, 0.717) is 25.7 Å². The molecule has 0 spiro atoms. The summed E-state index contributed by atoms with van der Waals surface area (Å²) in [6.45, 7) is 7.46. The summed E-state index contributed by atoms with van der Waals surface area (Å²) in [5, 5.41) is 0. The summed E-state index contributed by atoms with van der Waals surface area (Å²) in [6.07, 6.45) is 55.7. The van der Waals surface area contributed by atoms with Gasteiger partial charge < -0.3 is 14.4 Å². The summed E-state index contributed by atoms with van der Waals surface area (Å²) < 4.78 is 12.1.